The van der Waals surface area contributed by atoms with Gasteiger partial charge in [-0.1, -0.05) is 45.0 Å². The molecule has 2 rings (SSSR count). The van der Waals surface area contributed by atoms with E-state index in [-0.39, 0.29) is 23.8 Å². The Morgan fingerprint density at radius 1 is 0.958 bits per heavy atom. The molecule has 0 amide bonds. The Labute approximate surface area is 151 Å². The molecule has 0 heterocycles. The second-order valence-corrected chi connectivity index (χ2v) is 7.10. The summed E-state index contributed by atoms with van der Waals surface area (Å²) in [6.45, 7) is 7.32. The first kappa shape index (κ1) is 20.2. The molecule has 0 aliphatic rings. The fraction of sp³-hybridized carbons (Fsp3) is 0.350. The smallest absolute Gasteiger partial charge is 0.343 e. The molecule has 0 spiro atoms. The normalized spacial score (nSPS) is 11.1. The van der Waals surface area contributed by atoms with Crippen molar-refractivity contribution in [2.24, 2.45) is 0 Å². The predicted octanol–water partition coefficient (Wildman–Crippen LogP) is 4.69. The Balaban J connectivity index is 0.00000288. The Morgan fingerprint density at radius 3 is 1.96 bits per heavy atom. The number of esters is 1. The van der Waals surface area contributed by atoms with Gasteiger partial charge in [-0.25, -0.2) is 4.79 Å². The van der Waals surface area contributed by atoms with E-state index in [9.17, 15) is 4.79 Å². The van der Waals surface area contributed by atoms with Gasteiger partial charge >= 0.3 is 5.97 Å². The van der Waals surface area contributed by atoms with Crippen molar-refractivity contribution in [3.63, 3.8) is 0 Å². The van der Waals surface area contributed by atoms with Crippen molar-refractivity contribution in [1.82, 2.24) is 4.90 Å². The maximum absolute atomic E-state index is 12.2. The van der Waals surface area contributed by atoms with E-state index in [1.807, 2.05) is 62.6 Å². The molecule has 0 N–H and O–H groups in total. The maximum Gasteiger partial charge on any atom is 0.343 e. The van der Waals surface area contributed by atoms with Gasteiger partial charge in [-0.3, -0.25) is 0 Å². The number of nitrogens with zero attached hydrogens (tertiary/aromatic N) is 1. The average Bonchev–Trinajstić information content (AvgIpc) is 2.47. The number of ether oxygens (including phenoxy) is 1. The van der Waals surface area contributed by atoms with Gasteiger partial charge in [-0.05, 0) is 54.9 Å². The van der Waals surface area contributed by atoms with Gasteiger partial charge in [0.25, 0.3) is 0 Å². The van der Waals surface area contributed by atoms with Crippen LogP contribution < -0.4 is 4.74 Å². The van der Waals surface area contributed by atoms with Gasteiger partial charge in [0.1, 0.15) is 5.75 Å². The minimum Gasteiger partial charge on any atom is -0.423 e. The van der Waals surface area contributed by atoms with E-state index in [4.69, 9.17) is 4.74 Å². The van der Waals surface area contributed by atoms with Crippen molar-refractivity contribution in [3.8, 4) is 5.75 Å². The molecule has 0 saturated heterocycles. The van der Waals surface area contributed by atoms with Gasteiger partial charge in [0.2, 0.25) is 0 Å². The molecule has 2 aromatic carbocycles. The first-order valence-electron chi connectivity index (χ1n) is 7.82. The molecule has 4 heteroatoms. The van der Waals surface area contributed by atoms with E-state index in [0.717, 1.165) is 6.54 Å². The molecule has 24 heavy (non-hydrogen) atoms. The SMILES string of the molecule is CN(C)Cc1ccc(C(=O)Oc2ccc(C(C)(C)C)cc2)cc1.Cl. The second-order valence-electron chi connectivity index (χ2n) is 7.10. The highest BCUT2D eigenvalue weighted by atomic mass is 35.5. The lowest BCUT2D eigenvalue weighted by molar-refractivity contribution is 0.0734. The van der Waals surface area contributed by atoms with E-state index in [2.05, 4.69) is 25.7 Å². The Hall–Kier alpha value is -1.84. The monoisotopic (exact) mass is 347 g/mol. The van der Waals surface area contributed by atoms with Crippen LogP contribution in [0.1, 0.15) is 42.3 Å². The largest absolute Gasteiger partial charge is 0.423 e. The molecule has 0 saturated carbocycles. The summed E-state index contributed by atoms with van der Waals surface area (Å²) in [4.78, 5) is 14.3. The van der Waals surface area contributed by atoms with Crippen LogP contribution in [0, 0.1) is 0 Å². The van der Waals surface area contributed by atoms with E-state index >= 15 is 0 Å². The fourth-order valence-electron chi connectivity index (χ4n) is 2.30. The summed E-state index contributed by atoms with van der Waals surface area (Å²) in [6.07, 6.45) is 0. The quantitative estimate of drug-likeness (QED) is 0.593. The van der Waals surface area contributed by atoms with Crippen molar-refractivity contribution >= 4 is 18.4 Å². The molecule has 0 aliphatic heterocycles. The lowest BCUT2D eigenvalue weighted by atomic mass is 9.87. The van der Waals surface area contributed by atoms with E-state index in [1.165, 1.54) is 11.1 Å². The lowest BCUT2D eigenvalue weighted by Gasteiger charge is -2.19. The zero-order valence-electron chi connectivity index (χ0n) is 15.0. The third kappa shape index (κ3) is 5.66. The van der Waals surface area contributed by atoms with Crippen LogP contribution in [-0.4, -0.2) is 25.0 Å². The van der Waals surface area contributed by atoms with Gasteiger partial charge in [-0.2, -0.15) is 0 Å². The summed E-state index contributed by atoms with van der Waals surface area (Å²) in [5, 5.41) is 0. The first-order chi connectivity index (χ1) is 10.8. The Kier molecular flexibility index (Phi) is 7.00. The van der Waals surface area contributed by atoms with Crippen LogP contribution in [0.5, 0.6) is 5.75 Å². The first-order valence-corrected chi connectivity index (χ1v) is 7.82. The standard InChI is InChI=1S/C20H25NO2.ClH/c1-20(2,3)17-10-12-18(13-11-17)23-19(22)16-8-6-15(7-9-16)14-21(4)5;/h6-13H,14H2,1-5H3;1H. The molecule has 3 nitrogen and oxygen atoms in total. The second kappa shape index (κ2) is 8.32. The van der Waals surface area contributed by atoms with Crippen LogP contribution >= 0.6 is 12.4 Å². The molecule has 0 aromatic heterocycles. The minimum absolute atomic E-state index is 0. The van der Waals surface area contributed by atoms with Crippen molar-refractivity contribution in [2.75, 3.05) is 14.1 Å². The Bertz CT molecular complexity index is 656. The molecule has 0 unspecified atom stereocenters. The van der Waals surface area contributed by atoms with E-state index in [1.54, 1.807) is 0 Å². The molecule has 0 atom stereocenters. The van der Waals surface area contributed by atoms with Crippen LogP contribution in [0.25, 0.3) is 0 Å². The number of benzene rings is 2. The Morgan fingerprint density at radius 2 is 1.50 bits per heavy atom. The van der Waals surface area contributed by atoms with Gasteiger partial charge in [0.05, 0.1) is 5.56 Å². The van der Waals surface area contributed by atoms with Gasteiger partial charge in [0, 0.05) is 6.54 Å². The van der Waals surface area contributed by atoms with Crippen LogP contribution in [0.4, 0.5) is 0 Å². The zero-order valence-corrected chi connectivity index (χ0v) is 15.8. The summed E-state index contributed by atoms with van der Waals surface area (Å²) >= 11 is 0. The molecular formula is C20H26ClNO2. The summed E-state index contributed by atoms with van der Waals surface area (Å²) in [6, 6.07) is 15.2. The third-order valence-electron chi connectivity index (χ3n) is 3.62. The highest BCUT2D eigenvalue weighted by Gasteiger charge is 2.14. The van der Waals surface area contributed by atoms with E-state index < -0.39 is 0 Å². The number of rotatable bonds is 4. The van der Waals surface area contributed by atoms with Crippen LogP contribution in [-0.2, 0) is 12.0 Å². The maximum atomic E-state index is 12.2. The molecule has 0 bridgehead atoms. The third-order valence-corrected chi connectivity index (χ3v) is 3.62. The number of hydrogen-bond acceptors (Lipinski definition) is 3. The number of carbonyl (C=O) groups excluding carboxylic acids is 1. The van der Waals surface area contributed by atoms with Gasteiger partial charge < -0.3 is 9.64 Å². The highest BCUT2D eigenvalue weighted by molar-refractivity contribution is 5.91. The molecule has 0 aliphatic carbocycles. The fourth-order valence-corrected chi connectivity index (χ4v) is 2.30. The predicted molar refractivity (Wildman–Crippen MR) is 101 cm³/mol. The molecule has 130 valence electrons. The number of hydrogen-bond donors (Lipinski definition) is 0. The average molecular weight is 348 g/mol. The summed E-state index contributed by atoms with van der Waals surface area (Å²) in [7, 11) is 4.03. The molecule has 2 aromatic rings. The van der Waals surface area contributed by atoms with Crippen LogP contribution in [0.2, 0.25) is 0 Å². The summed E-state index contributed by atoms with van der Waals surface area (Å²) in [5.74, 6) is 0.241. The van der Waals surface area contributed by atoms with Gasteiger partial charge in [-0.15, -0.1) is 12.4 Å². The number of halogens is 1. The van der Waals surface area contributed by atoms with Crippen molar-refractivity contribution in [2.45, 2.75) is 32.7 Å². The minimum atomic E-state index is -0.329. The van der Waals surface area contributed by atoms with Crippen LogP contribution in [0.15, 0.2) is 48.5 Å². The van der Waals surface area contributed by atoms with Crippen molar-refractivity contribution < 1.29 is 9.53 Å². The van der Waals surface area contributed by atoms with Crippen molar-refractivity contribution in [3.05, 3.63) is 65.2 Å². The van der Waals surface area contributed by atoms with Crippen molar-refractivity contribution in [1.29, 1.82) is 0 Å². The van der Waals surface area contributed by atoms with Crippen LogP contribution in [0.3, 0.4) is 0 Å². The summed E-state index contributed by atoms with van der Waals surface area (Å²) in [5.41, 5.74) is 3.03. The topological polar surface area (TPSA) is 29.5 Å². The van der Waals surface area contributed by atoms with E-state index in [0.29, 0.717) is 11.3 Å². The van der Waals surface area contributed by atoms with Gasteiger partial charge in [0.15, 0.2) is 0 Å². The molecule has 0 radical (unpaired) electrons. The highest BCUT2D eigenvalue weighted by Crippen LogP contribution is 2.24. The number of carbonyl (C=O) groups is 1. The molecule has 0 fully saturated rings. The summed E-state index contributed by atoms with van der Waals surface area (Å²) < 4.78 is 5.44. The lowest BCUT2D eigenvalue weighted by Crippen LogP contribution is -2.12. The molecular weight excluding hydrogens is 322 g/mol. The zero-order chi connectivity index (χ0) is 17.0.